The molecule has 0 aliphatic heterocycles. The third-order valence-corrected chi connectivity index (χ3v) is 11.3. The molecule has 0 atom stereocenters. The zero-order chi connectivity index (χ0) is 41.1. The van der Waals surface area contributed by atoms with Crippen LogP contribution < -0.4 is 9.80 Å². The highest BCUT2D eigenvalue weighted by Gasteiger charge is 2.28. The van der Waals surface area contributed by atoms with Crippen LogP contribution in [0.5, 0.6) is 0 Å². The van der Waals surface area contributed by atoms with E-state index in [9.17, 15) is 0 Å². The Morgan fingerprint density at radius 2 is 0.767 bits per heavy atom. The number of nitrogens with zero attached hydrogens (tertiary/aromatic N) is 2. The van der Waals surface area contributed by atoms with E-state index in [2.05, 4.69) is 0 Å². The van der Waals surface area contributed by atoms with Crippen molar-refractivity contribution in [2.45, 2.75) is 13.8 Å². The van der Waals surface area contributed by atoms with Gasteiger partial charge < -0.3 is 9.80 Å². The van der Waals surface area contributed by atoms with E-state index < -0.39 is 23.3 Å². The standard InChI is InChI=1S/C54H36F4N2/c1-33-11-9-13-37(27-33)45-29-39(55)31-47(57)53(45)59(41-15-5-3-6-16-41)49-25-21-35-20-24-44-50(26-22-36-19-23-43(49)51(35)52(36)44)60(42-17-7-4-8-18-42)54-46(30-40(56)32-48(54)58)38-14-10-12-34(2)28-38/h3-32H,1-2H3. The molecule has 0 spiro atoms. The highest BCUT2D eigenvalue weighted by atomic mass is 19.1. The van der Waals surface area contributed by atoms with E-state index in [1.54, 1.807) is 0 Å². The maximum atomic E-state index is 16.7. The molecule has 0 aliphatic rings. The number of hydrogen-bond acceptors (Lipinski definition) is 2. The van der Waals surface area contributed by atoms with E-state index in [-0.39, 0.29) is 11.4 Å². The van der Waals surface area contributed by atoms with Crippen molar-refractivity contribution in [1.29, 1.82) is 0 Å². The van der Waals surface area contributed by atoms with E-state index in [0.717, 1.165) is 55.6 Å². The number of hydrogen-bond donors (Lipinski definition) is 0. The maximum Gasteiger partial charge on any atom is 0.150 e. The van der Waals surface area contributed by atoms with Crippen LogP contribution in [-0.2, 0) is 0 Å². The van der Waals surface area contributed by atoms with Crippen molar-refractivity contribution in [3.8, 4) is 22.3 Å². The zero-order valence-corrected chi connectivity index (χ0v) is 32.7. The molecule has 2 nitrogen and oxygen atoms in total. The van der Waals surface area contributed by atoms with Gasteiger partial charge in [-0.05, 0) is 95.1 Å². The molecule has 0 N–H and O–H groups in total. The molecule has 0 heterocycles. The zero-order valence-electron chi connectivity index (χ0n) is 32.7. The van der Waals surface area contributed by atoms with Gasteiger partial charge in [0.25, 0.3) is 0 Å². The molecular weight excluding hydrogens is 753 g/mol. The van der Waals surface area contributed by atoms with Gasteiger partial charge in [0.2, 0.25) is 0 Å². The van der Waals surface area contributed by atoms with E-state index in [0.29, 0.717) is 45.0 Å². The minimum atomic E-state index is -0.701. The second-order valence-electron chi connectivity index (χ2n) is 15.2. The summed E-state index contributed by atoms with van der Waals surface area (Å²) in [5, 5.41) is 5.44. The first kappa shape index (κ1) is 36.9. The lowest BCUT2D eigenvalue weighted by Crippen LogP contribution is -2.15. The fourth-order valence-corrected chi connectivity index (χ4v) is 8.74. The van der Waals surface area contributed by atoms with Crippen LogP contribution >= 0.6 is 0 Å². The summed E-state index contributed by atoms with van der Waals surface area (Å²) in [5.41, 5.74) is 7.33. The molecule has 60 heavy (non-hydrogen) atoms. The second kappa shape index (κ2) is 14.7. The minimum absolute atomic E-state index is 0.217. The van der Waals surface area contributed by atoms with Crippen LogP contribution in [-0.4, -0.2) is 0 Å². The van der Waals surface area contributed by atoms with Crippen LogP contribution in [0.25, 0.3) is 54.6 Å². The molecule has 290 valence electrons. The molecule has 6 heteroatoms. The Morgan fingerprint density at radius 3 is 1.17 bits per heavy atom. The largest absolute Gasteiger partial charge is 0.307 e. The maximum absolute atomic E-state index is 16.7. The SMILES string of the molecule is Cc1cccc(-c2cc(F)cc(F)c2N(c2ccccc2)c2ccc3ccc4c(N(c5ccccc5)c5c(F)cc(F)cc5-c5cccc(C)c5)ccc5ccc2c3c54)c1. The quantitative estimate of drug-likeness (QED) is 0.112. The Bertz CT molecular complexity index is 3020. The molecule has 0 unspecified atom stereocenters. The fourth-order valence-electron chi connectivity index (χ4n) is 8.74. The summed E-state index contributed by atoms with van der Waals surface area (Å²) >= 11 is 0. The van der Waals surface area contributed by atoms with E-state index in [1.165, 1.54) is 12.1 Å². The lowest BCUT2D eigenvalue weighted by atomic mass is 9.91. The van der Waals surface area contributed by atoms with Crippen molar-refractivity contribution < 1.29 is 17.6 Å². The summed E-state index contributed by atoms with van der Waals surface area (Å²) in [5.74, 6) is -2.75. The Labute approximate surface area is 345 Å². The number of anilines is 6. The van der Waals surface area contributed by atoms with Gasteiger partial charge in [-0.1, -0.05) is 132 Å². The van der Waals surface area contributed by atoms with Crippen molar-refractivity contribution in [2.24, 2.45) is 0 Å². The molecule has 10 rings (SSSR count). The van der Waals surface area contributed by atoms with Crippen LogP contribution in [0.2, 0.25) is 0 Å². The first-order valence-corrected chi connectivity index (χ1v) is 19.8. The van der Waals surface area contributed by atoms with E-state index in [4.69, 9.17) is 0 Å². The van der Waals surface area contributed by atoms with Crippen molar-refractivity contribution in [3.05, 3.63) is 216 Å². The average Bonchev–Trinajstić information content (AvgIpc) is 3.25. The van der Waals surface area contributed by atoms with Crippen molar-refractivity contribution >= 4 is 66.4 Å². The smallest absolute Gasteiger partial charge is 0.150 e. The van der Waals surface area contributed by atoms with Gasteiger partial charge in [0.15, 0.2) is 11.6 Å². The Morgan fingerprint density at radius 1 is 0.367 bits per heavy atom. The van der Waals surface area contributed by atoms with Crippen LogP contribution in [0, 0.1) is 37.1 Å². The molecular formula is C54H36F4N2. The molecule has 10 aromatic rings. The highest BCUT2D eigenvalue weighted by Crippen LogP contribution is 2.51. The van der Waals surface area contributed by atoms with Crippen LogP contribution in [0.1, 0.15) is 11.1 Å². The van der Waals surface area contributed by atoms with E-state index in [1.807, 2.05) is 181 Å². The predicted molar refractivity (Wildman–Crippen MR) is 240 cm³/mol. The summed E-state index contributed by atoms with van der Waals surface area (Å²) < 4.78 is 63.8. The summed E-state index contributed by atoms with van der Waals surface area (Å²) in [6.07, 6.45) is 0. The van der Waals surface area contributed by atoms with Gasteiger partial charge in [-0.15, -0.1) is 0 Å². The molecule has 10 aromatic carbocycles. The van der Waals surface area contributed by atoms with Gasteiger partial charge in [-0.25, -0.2) is 17.6 Å². The number of aryl methyl sites for hydroxylation is 2. The first-order chi connectivity index (χ1) is 29.2. The van der Waals surface area contributed by atoms with Gasteiger partial charge in [-0.3, -0.25) is 0 Å². The van der Waals surface area contributed by atoms with Gasteiger partial charge in [0.1, 0.15) is 11.6 Å². The Balaban J connectivity index is 1.26. The van der Waals surface area contributed by atoms with Gasteiger partial charge in [0, 0.05) is 45.4 Å². The second-order valence-corrected chi connectivity index (χ2v) is 15.2. The molecule has 0 radical (unpaired) electrons. The predicted octanol–water partition coefficient (Wildman–Crippen LogP) is 16.0. The van der Waals surface area contributed by atoms with Crippen LogP contribution in [0.4, 0.5) is 51.7 Å². The highest BCUT2D eigenvalue weighted by molar-refractivity contribution is 6.28. The number of benzene rings is 10. The third-order valence-electron chi connectivity index (χ3n) is 11.3. The van der Waals surface area contributed by atoms with Gasteiger partial charge in [0.05, 0.1) is 22.7 Å². The van der Waals surface area contributed by atoms with E-state index >= 15 is 17.6 Å². The lowest BCUT2D eigenvalue weighted by Gasteiger charge is -2.31. The summed E-state index contributed by atoms with van der Waals surface area (Å²) in [6, 6.07) is 55.2. The summed E-state index contributed by atoms with van der Waals surface area (Å²) in [6.45, 7) is 3.91. The number of rotatable bonds is 8. The van der Waals surface area contributed by atoms with Gasteiger partial charge in [-0.2, -0.15) is 0 Å². The average molecular weight is 789 g/mol. The van der Waals surface area contributed by atoms with Crippen molar-refractivity contribution in [2.75, 3.05) is 9.80 Å². The fraction of sp³-hybridized carbons (Fsp3) is 0.0370. The molecule has 0 bridgehead atoms. The van der Waals surface area contributed by atoms with Crippen molar-refractivity contribution in [3.63, 3.8) is 0 Å². The monoisotopic (exact) mass is 788 g/mol. The topological polar surface area (TPSA) is 6.48 Å². The normalized spacial score (nSPS) is 11.5. The third kappa shape index (κ3) is 6.29. The molecule has 0 aliphatic carbocycles. The Hall–Kier alpha value is -7.44. The summed E-state index contributed by atoms with van der Waals surface area (Å²) in [4.78, 5) is 3.75. The summed E-state index contributed by atoms with van der Waals surface area (Å²) in [7, 11) is 0. The number of para-hydroxylation sites is 2. The molecule has 0 fully saturated rings. The molecule has 0 amide bonds. The molecule has 0 saturated heterocycles. The Kier molecular flexibility index (Phi) is 9.06. The number of halogens is 4. The van der Waals surface area contributed by atoms with Crippen LogP contribution in [0.15, 0.2) is 182 Å². The van der Waals surface area contributed by atoms with Crippen LogP contribution in [0.3, 0.4) is 0 Å². The lowest BCUT2D eigenvalue weighted by molar-refractivity contribution is 0.584. The molecule has 0 aromatic heterocycles. The van der Waals surface area contributed by atoms with Gasteiger partial charge >= 0.3 is 0 Å². The van der Waals surface area contributed by atoms with Crippen molar-refractivity contribution in [1.82, 2.24) is 0 Å². The minimum Gasteiger partial charge on any atom is -0.307 e. The molecule has 0 saturated carbocycles. The first-order valence-electron chi connectivity index (χ1n) is 19.8.